The minimum atomic E-state index is -2.09. The van der Waals surface area contributed by atoms with Gasteiger partial charge < -0.3 is 0 Å². The van der Waals surface area contributed by atoms with Gasteiger partial charge in [0, 0.05) is 10.8 Å². The fourth-order valence-electron chi connectivity index (χ4n) is 15.4. The molecule has 0 atom stereocenters. The molecule has 0 saturated heterocycles. The molecule has 0 saturated carbocycles. The third-order valence-electron chi connectivity index (χ3n) is 19.4. The Morgan fingerprint density at radius 2 is 0.474 bits per heavy atom. The topological polar surface area (TPSA) is 51.6 Å². The van der Waals surface area contributed by atoms with Gasteiger partial charge in [-0.05, 0) is 126 Å². The molecule has 0 spiro atoms. The molecule has 410 valence electrons. The summed E-state index contributed by atoms with van der Waals surface area (Å²) in [6.07, 6.45) is 0. The van der Waals surface area contributed by atoms with Gasteiger partial charge in [0.05, 0.1) is 44.3 Å². The van der Waals surface area contributed by atoms with Gasteiger partial charge in [-0.15, -0.1) is 22.2 Å². The number of rotatable bonds is 12. The summed E-state index contributed by atoms with van der Waals surface area (Å²) >= 11 is 0. The van der Waals surface area contributed by atoms with Gasteiger partial charge in [-0.25, -0.2) is 19.9 Å². The fourth-order valence-corrected chi connectivity index (χ4v) is 36.3. The average molecular weight is 1100 g/mol. The van der Waals surface area contributed by atoms with Crippen molar-refractivity contribution < 1.29 is 0 Å². The molecular weight excluding hydrogens is 1010 g/mol. The lowest BCUT2D eigenvalue weighted by atomic mass is 10.00. The number of benzene rings is 5. The van der Waals surface area contributed by atoms with Crippen LogP contribution in [0.1, 0.15) is 188 Å². The van der Waals surface area contributed by atoms with E-state index in [1.807, 2.05) is 0 Å². The SMILES string of the molecule is CC(C)[Si](C#Cc1ccc(C#C[Si](C(C)C)(C(C)C)C(C)C)c2nc3c(ccc4cc5ccc6nc7c(C#C[Si](C(C)C)(C(C)C)C(C)C)ccc(C#C[Si](C(C)C)(C(C)C)C(C)C)c7nc6c5cc43)nc12)(C(C)C)C(C)C. The zero-order valence-electron chi connectivity index (χ0n) is 52.5. The van der Waals surface area contributed by atoms with E-state index in [2.05, 4.69) is 273 Å². The van der Waals surface area contributed by atoms with Crippen LogP contribution in [0.2, 0.25) is 66.5 Å². The predicted molar refractivity (Wildman–Crippen MR) is 354 cm³/mol. The predicted octanol–water partition coefficient (Wildman–Crippen LogP) is 20.5. The van der Waals surface area contributed by atoms with E-state index >= 15 is 0 Å². The molecule has 0 N–H and O–H groups in total. The molecule has 0 amide bonds. The van der Waals surface area contributed by atoms with E-state index in [0.29, 0.717) is 66.5 Å². The van der Waals surface area contributed by atoms with Crippen molar-refractivity contribution in [3.05, 3.63) is 82.9 Å². The normalized spacial score (nSPS) is 13.1. The van der Waals surface area contributed by atoms with Gasteiger partial charge >= 0.3 is 0 Å². The van der Waals surface area contributed by atoms with Gasteiger partial charge in [-0.1, -0.05) is 202 Å². The Morgan fingerprint density at radius 1 is 0.256 bits per heavy atom. The highest BCUT2D eigenvalue weighted by Crippen LogP contribution is 2.45. The summed E-state index contributed by atoms with van der Waals surface area (Å²) in [6.45, 7) is 57.1. The molecule has 7 aromatic rings. The minimum absolute atomic E-state index is 0.501. The van der Waals surface area contributed by atoms with Crippen molar-refractivity contribution in [2.45, 2.75) is 233 Å². The van der Waals surface area contributed by atoms with Crippen LogP contribution < -0.4 is 0 Å². The second-order valence-corrected chi connectivity index (χ2v) is 49.2. The molecule has 8 heteroatoms. The summed E-state index contributed by atoms with van der Waals surface area (Å²) in [5, 5.41) is 4.25. The monoisotopic (exact) mass is 1100 g/mol. The van der Waals surface area contributed by atoms with Gasteiger partial charge in [0.1, 0.15) is 54.4 Å². The van der Waals surface area contributed by atoms with Gasteiger partial charge in [0.25, 0.3) is 0 Å². The quantitative estimate of drug-likeness (QED) is 0.0529. The number of hydrogen-bond acceptors (Lipinski definition) is 4. The highest BCUT2D eigenvalue weighted by atomic mass is 28.3. The van der Waals surface area contributed by atoms with Crippen LogP contribution >= 0.6 is 0 Å². The first-order chi connectivity index (χ1) is 36.5. The van der Waals surface area contributed by atoms with Gasteiger partial charge in [0.15, 0.2) is 0 Å². The summed E-state index contributed by atoms with van der Waals surface area (Å²) in [5.41, 5.74) is 32.6. The first-order valence-electron chi connectivity index (χ1n) is 29.9. The molecule has 2 aromatic heterocycles. The maximum Gasteiger partial charge on any atom is 0.146 e. The van der Waals surface area contributed by atoms with Crippen LogP contribution in [0.3, 0.4) is 0 Å². The molecule has 0 unspecified atom stereocenters. The van der Waals surface area contributed by atoms with Crippen molar-refractivity contribution in [2.75, 3.05) is 0 Å². The molecule has 0 aliphatic rings. The summed E-state index contributed by atoms with van der Waals surface area (Å²) in [7, 11) is -8.29. The smallest absolute Gasteiger partial charge is 0.146 e. The van der Waals surface area contributed by atoms with E-state index in [-0.39, 0.29) is 0 Å². The van der Waals surface area contributed by atoms with E-state index in [1.165, 1.54) is 0 Å². The molecule has 7 rings (SSSR count). The zero-order valence-corrected chi connectivity index (χ0v) is 56.5. The summed E-state index contributed by atoms with van der Waals surface area (Å²) in [4.78, 5) is 22.6. The molecule has 78 heavy (non-hydrogen) atoms. The van der Waals surface area contributed by atoms with Crippen LogP contribution in [0, 0.1) is 45.9 Å². The fraction of sp³-hybridized carbons (Fsp3) is 0.514. The minimum Gasteiger partial charge on any atom is -0.243 e. The highest BCUT2D eigenvalue weighted by molar-refractivity contribution is 6.92. The Bertz CT molecular complexity index is 3350. The molecule has 0 aliphatic carbocycles. The van der Waals surface area contributed by atoms with Crippen molar-refractivity contribution in [1.82, 2.24) is 19.9 Å². The molecule has 0 bridgehead atoms. The Labute approximate surface area is 476 Å². The third-order valence-corrected chi connectivity index (χ3v) is 44.6. The first kappa shape index (κ1) is 60.6. The van der Waals surface area contributed by atoms with Crippen molar-refractivity contribution in [3.63, 3.8) is 0 Å². The van der Waals surface area contributed by atoms with E-state index in [4.69, 9.17) is 19.9 Å². The zero-order chi connectivity index (χ0) is 57.7. The number of fused-ring (bicyclic) bond motifs is 8. The largest absolute Gasteiger partial charge is 0.243 e. The third kappa shape index (κ3) is 10.4. The number of hydrogen-bond donors (Lipinski definition) is 0. The molecule has 2 heterocycles. The lowest BCUT2D eigenvalue weighted by Crippen LogP contribution is -2.43. The molecule has 4 nitrogen and oxygen atoms in total. The van der Waals surface area contributed by atoms with Crippen molar-refractivity contribution in [2.24, 2.45) is 0 Å². The van der Waals surface area contributed by atoms with Crippen LogP contribution in [0.5, 0.6) is 0 Å². The Hall–Kier alpha value is -5.07. The number of aromatic nitrogens is 4. The van der Waals surface area contributed by atoms with E-state index in [0.717, 1.165) is 87.9 Å². The summed E-state index contributed by atoms with van der Waals surface area (Å²) in [6, 6.07) is 22.0. The van der Waals surface area contributed by atoms with Crippen LogP contribution in [-0.4, -0.2) is 52.2 Å². The van der Waals surface area contributed by atoms with Gasteiger partial charge in [0.2, 0.25) is 0 Å². The maximum absolute atomic E-state index is 5.71. The lowest BCUT2D eigenvalue weighted by Gasteiger charge is -2.38. The molecular formula is C70H94N4Si4. The standard InChI is InChI=1S/C70H94N4Si4/c1-43(2)75(44(3)4,45(5)6)37-33-55-25-27-57(35-39-77(49(13)14,50(15)16)51(17)18)67-65(55)71-63-31-29-59-41-60-30-32-64-70(62(60)42-61(59)69(63)73-67)74-68-58(36-40-78(52(19)20,53(21)22)54(23)24)28-26-56(66(68)72-64)34-38-76(46(7)8,47(9)10)48(11)12/h25-32,41-54H,1-24H3. The van der Waals surface area contributed by atoms with Crippen LogP contribution in [0.15, 0.2) is 60.7 Å². The highest BCUT2D eigenvalue weighted by Gasteiger charge is 2.45. The van der Waals surface area contributed by atoms with E-state index in [1.54, 1.807) is 0 Å². The van der Waals surface area contributed by atoms with Crippen molar-refractivity contribution >= 4 is 98.0 Å². The maximum atomic E-state index is 5.71. The van der Waals surface area contributed by atoms with E-state index in [9.17, 15) is 0 Å². The van der Waals surface area contributed by atoms with E-state index < -0.39 is 32.3 Å². The molecule has 0 fully saturated rings. The van der Waals surface area contributed by atoms with Crippen molar-refractivity contribution in [1.29, 1.82) is 0 Å². The average Bonchev–Trinajstić information content (AvgIpc) is 3.39. The second kappa shape index (κ2) is 23.2. The lowest BCUT2D eigenvalue weighted by molar-refractivity contribution is 0.838. The van der Waals surface area contributed by atoms with Crippen LogP contribution in [0.4, 0.5) is 0 Å². The Morgan fingerprint density at radius 3 is 0.692 bits per heavy atom. The van der Waals surface area contributed by atoms with Gasteiger partial charge in [-0.2, -0.15) is 0 Å². The first-order valence-corrected chi connectivity index (χ1v) is 38.8. The molecule has 5 aromatic carbocycles. The van der Waals surface area contributed by atoms with Crippen molar-refractivity contribution in [3.8, 4) is 45.9 Å². The summed E-state index contributed by atoms with van der Waals surface area (Å²) in [5.74, 6) is 15.3. The van der Waals surface area contributed by atoms with Crippen LogP contribution in [-0.2, 0) is 0 Å². The number of nitrogens with zero attached hydrogens (tertiary/aromatic N) is 4. The molecule has 0 radical (unpaired) electrons. The van der Waals surface area contributed by atoms with Crippen LogP contribution in [0.25, 0.3) is 65.7 Å². The molecule has 0 aliphatic heterocycles. The summed E-state index contributed by atoms with van der Waals surface area (Å²) < 4.78 is 0. The Balaban J connectivity index is 1.60. The van der Waals surface area contributed by atoms with Gasteiger partial charge in [-0.3, -0.25) is 0 Å². The Kier molecular flexibility index (Phi) is 18.0. The second-order valence-electron chi connectivity index (χ2n) is 26.9.